The number of nitriles is 1. The molecule has 1 aromatic rings. The average Bonchev–Trinajstić information content (AvgIpc) is 2.69. The van der Waals surface area contributed by atoms with Crippen LogP contribution in [-0.2, 0) is 0 Å². The van der Waals surface area contributed by atoms with E-state index >= 15 is 0 Å². The molecule has 0 atom stereocenters. The standard InChI is InChI=1S/C11H11N3S/c12-5-8-6-15-7-11(8)14-10-4-2-1-3-9(10)13/h1-4,14H,6-7,13H2. The minimum atomic E-state index is 0.708. The van der Waals surface area contributed by atoms with Crippen molar-refractivity contribution in [2.24, 2.45) is 0 Å². The first-order valence-corrected chi connectivity index (χ1v) is 5.78. The van der Waals surface area contributed by atoms with Gasteiger partial charge in [-0.2, -0.15) is 5.26 Å². The van der Waals surface area contributed by atoms with Crippen LogP contribution in [0.25, 0.3) is 0 Å². The third-order valence-electron chi connectivity index (χ3n) is 2.24. The predicted octanol–water partition coefficient (Wildman–Crippen LogP) is 2.21. The Bertz CT molecular complexity index is 445. The fraction of sp³-hybridized carbons (Fsp3) is 0.182. The van der Waals surface area contributed by atoms with E-state index in [1.54, 1.807) is 11.8 Å². The lowest BCUT2D eigenvalue weighted by molar-refractivity contribution is 1.34. The summed E-state index contributed by atoms with van der Waals surface area (Å²) in [5.41, 5.74) is 9.20. The molecule has 0 saturated carbocycles. The van der Waals surface area contributed by atoms with E-state index in [9.17, 15) is 0 Å². The molecule has 0 aromatic heterocycles. The van der Waals surface area contributed by atoms with Crippen molar-refractivity contribution < 1.29 is 0 Å². The zero-order chi connectivity index (χ0) is 10.7. The smallest absolute Gasteiger partial charge is 0.0974 e. The van der Waals surface area contributed by atoms with Gasteiger partial charge in [-0.25, -0.2) is 0 Å². The molecule has 0 fully saturated rings. The van der Waals surface area contributed by atoms with Gasteiger partial charge in [-0.15, -0.1) is 11.8 Å². The van der Waals surface area contributed by atoms with Gasteiger partial charge in [0.2, 0.25) is 0 Å². The molecular formula is C11H11N3S. The van der Waals surface area contributed by atoms with Crippen LogP contribution in [0.4, 0.5) is 11.4 Å². The minimum absolute atomic E-state index is 0.708. The van der Waals surface area contributed by atoms with E-state index in [0.717, 1.165) is 28.5 Å². The number of nitrogens with zero attached hydrogens (tertiary/aromatic N) is 1. The monoisotopic (exact) mass is 217 g/mol. The van der Waals surface area contributed by atoms with E-state index in [1.807, 2.05) is 24.3 Å². The van der Waals surface area contributed by atoms with E-state index in [0.29, 0.717) is 5.69 Å². The average molecular weight is 217 g/mol. The Morgan fingerprint density at radius 1 is 1.33 bits per heavy atom. The Kier molecular flexibility index (Phi) is 2.84. The maximum atomic E-state index is 8.89. The number of para-hydroxylation sites is 2. The van der Waals surface area contributed by atoms with Crippen molar-refractivity contribution in [3.8, 4) is 6.07 Å². The Labute approximate surface area is 93.0 Å². The summed E-state index contributed by atoms with van der Waals surface area (Å²) in [4.78, 5) is 0. The molecule has 3 nitrogen and oxygen atoms in total. The van der Waals surface area contributed by atoms with Gasteiger partial charge >= 0.3 is 0 Å². The third kappa shape index (κ3) is 2.08. The molecule has 0 aliphatic carbocycles. The van der Waals surface area contributed by atoms with Crippen molar-refractivity contribution in [1.29, 1.82) is 5.26 Å². The van der Waals surface area contributed by atoms with Gasteiger partial charge in [-0.1, -0.05) is 12.1 Å². The number of benzene rings is 1. The molecule has 15 heavy (non-hydrogen) atoms. The quantitative estimate of drug-likeness (QED) is 0.745. The predicted molar refractivity (Wildman–Crippen MR) is 64.4 cm³/mol. The van der Waals surface area contributed by atoms with Crippen molar-refractivity contribution in [1.82, 2.24) is 0 Å². The van der Waals surface area contributed by atoms with E-state index < -0.39 is 0 Å². The lowest BCUT2D eigenvalue weighted by Gasteiger charge is -2.09. The molecule has 0 radical (unpaired) electrons. The number of hydrogen-bond donors (Lipinski definition) is 2. The van der Waals surface area contributed by atoms with E-state index in [-0.39, 0.29) is 0 Å². The number of nitrogens with one attached hydrogen (secondary N) is 1. The number of rotatable bonds is 2. The zero-order valence-electron chi connectivity index (χ0n) is 8.16. The highest BCUT2D eigenvalue weighted by atomic mass is 32.2. The van der Waals surface area contributed by atoms with Crippen LogP contribution in [0.15, 0.2) is 35.5 Å². The highest BCUT2D eigenvalue weighted by Crippen LogP contribution is 2.27. The molecule has 0 unspecified atom stereocenters. The SMILES string of the molecule is N#CC1=C(Nc2ccccc2N)CSC1. The fourth-order valence-corrected chi connectivity index (χ4v) is 2.41. The largest absolute Gasteiger partial charge is 0.397 e. The number of anilines is 2. The zero-order valence-corrected chi connectivity index (χ0v) is 8.97. The second kappa shape index (κ2) is 4.28. The molecule has 0 bridgehead atoms. The van der Waals surface area contributed by atoms with Crippen LogP contribution in [0.5, 0.6) is 0 Å². The summed E-state index contributed by atoms with van der Waals surface area (Å²) in [5, 5.41) is 12.1. The summed E-state index contributed by atoms with van der Waals surface area (Å²) in [5.74, 6) is 1.66. The molecule has 2 rings (SSSR count). The summed E-state index contributed by atoms with van der Waals surface area (Å²) in [6.07, 6.45) is 0. The molecular weight excluding hydrogens is 206 g/mol. The van der Waals surface area contributed by atoms with Crippen molar-refractivity contribution in [3.63, 3.8) is 0 Å². The van der Waals surface area contributed by atoms with Crippen LogP contribution in [0.1, 0.15) is 0 Å². The Morgan fingerprint density at radius 2 is 2.13 bits per heavy atom. The third-order valence-corrected chi connectivity index (χ3v) is 3.22. The lowest BCUT2D eigenvalue weighted by Crippen LogP contribution is -2.04. The highest BCUT2D eigenvalue weighted by Gasteiger charge is 2.15. The van der Waals surface area contributed by atoms with Crippen molar-refractivity contribution >= 4 is 23.1 Å². The van der Waals surface area contributed by atoms with Gasteiger partial charge in [-0.05, 0) is 12.1 Å². The summed E-state index contributed by atoms with van der Waals surface area (Å²) in [7, 11) is 0. The van der Waals surface area contributed by atoms with Crippen LogP contribution in [-0.4, -0.2) is 11.5 Å². The van der Waals surface area contributed by atoms with Crippen LogP contribution in [0.3, 0.4) is 0 Å². The molecule has 1 aliphatic heterocycles. The van der Waals surface area contributed by atoms with Gasteiger partial charge in [0.1, 0.15) is 0 Å². The van der Waals surface area contributed by atoms with Gasteiger partial charge in [0, 0.05) is 17.2 Å². The molecule has 0 spiro atoms. The molecule has 1 aliphatic rings. The summed E-state index contributed by atoms with van der Waals surface area (Å²) >= 11 is 1.74. The lowest BCUT2D eigenvalue weighted by atomic mass is 10.2. The Morgan fingerprint density at radius 3 is 2.87 bits per heavy atom. The maximum Gasteiger partial charge on any atom is 0.0974 e. The first-order chi connectivity index (χ1) is 7.31. The molecule has 0 saturated heterocycles. The molecule has 0 amide bonds. The van der Waals surface area contributed by atoms with Crippen LogP contribution in [0, 0.1) is 11.3 Å². The molecule has 4 heteroatoms. The Balaban J connectivity index is 2.23. The van der Waals surface area contributed by atoms with Crippen LogP contribution < -0.4 is 11.1 Å². The minimum Gasteiger partial charge on any atom is -0.397 e. The molecule has 3 N–H and O–H groups in total. The highest BCUT2D eigenvalue weighted by molar-refractivity contribution is 7.99. The summed E-state index contributed by atoms with van der Waals surface area (Å²) < 4.78 is 0. The fourth-order valence-electron chi connectivity index (χ4n) is 1.41. The number of hydrogen-bond acceptors (Lipinski definition) is 4. The number of nitrogens with two attached hydrogens (primary N) is 1. The maximum absolute atomic E-state index is 8.89. The second-order valence-electron chi connectivity index (χ2n) is 3.27. The van der Waals surface area contributed by atoms with Gasteiger partial charge in [-0.3, -0.25) is 0 Å². The van der Waals surface area contributed by atoms with Gasteiger partial charge in [0.15, 0.2) is 0 Å². The van der Waals surface area contributed by atoms with E-state index in [1.165, 1.54) is 0 Å². The second-order valence-corrected chi connectivity index (χ2v) is 4.26. The topological polar surface area (TPSA) is 61.8 Å². The Hall–Kier alpha value is -1.60. The van der Waals surface area contributed by atoms with Crippen LogP contribution >= 0.6 is 11.8 Å². The molecule has 1 heterocycles. The van der Waals surface area contributed by atoms with Crippen LogP contribution in [0.2, 0.25) is 0 Å². The summed E-state index contributed by atoms with van der Waals surface area (Å²) in [6, 6.07) is 9.79. The number of nitrogen functional groups attached to an aromatic ring is 1. The molecule has 1 aromatic carbocycles. The summed E-state index contributed by atoms with van der Waals surface area (Å²) in [6.45, 7) is 0. The van der Waals surface area contributed by atoms with Crippen molar-refractivity contribution in [3.05, 3.63) is 35.5 Å². The van der Waals surface area contributed by atoms with Crippen molar-refractivity contribution in [2.75, 3.05) is 22.6 Å². The number of thioether (sulfide) groups is 1. The van der Waals surface area contributed by atoms with Gasteiger partial charge in [0.05, 0.1) is 23.0 Å². The van der Waals surface area contributed by atoms with E-state index in [2.05, 4.69) is 11.4 Å². The normalized spacial score (nSPS) is 15.1. The first-order valence-electron chi connectivity index (χ1n) is 4.62. The van der Waals surface area contributed by atoms with Crippen molar-refractivity contribution in [2.45, 2.75) is 0 Å². The molecule has 76 valence electrons. The first kappa shape index (κ1) is 9.94. The van der Waals surface area contributed by atoms with Gasteiger partial charge < -0.3 is 11.1 Å². The van der Waals surface area contributed by atoms with E-state index in [4.69, 9.17) is 11.0 Å². The van der Waals surface area contributed by atoms with Gasteiger partial charge in [0.25, 0.3) is 0 Å².